The van der Waals surface area contributed by atoms with Gasteiger partial charge in [-0.15, -0.1) is 0 Å². The number of carbonyl (C=O) groups is 2. The van der Waals surface area contributed by atoms with Gasteiger partial charge in [-0.25, -0.2) is 0 Å². The summed E-state index contributed by atoms with van der Waals surface area (Å²) in [7, 11) is 0. The molecule has 0 aromatic heterocycles. The van der Waals surface area contributed by atoms with Crippen molar-refractivity contribution in [1.29, 1.82) is 0 Å². The molecular formula is C12H21NO5. The smallest absolute Gasteiger partial charge is 0.317 e. The van der Waals surface area contributed by atoms with Crippen LogP contribution in [0.25, 0.3) is 0 Å². The largest absolute Gasteiger partial charge is 0.480 e. The number of rotatable bonds is 6. The van der Waals surface area contributed by atoms with Crippen LogP contribution in [0.15, 0.2) is 0 Å². The highest BCUT2D eigenvalue weighted by molar-refractivity contribution is 5.72. The van der Waals surface area contributed by atoms with Crippen molar-refractivity contribution in [1.82, 2.24) is 4.90 Å². The summed E-state index contributed by atoms with van der Waals surface area (Å²) in [6.45, 7) is 4.07. The molecule has 0 bridgehead atoms. The average Bonchev–Trinajstić information content (AvgIpc) is 2.27. The summed E-state index contributed by atoms with van der Waals surface area (Å²) in [4.78, 5) is 23.1. The van der Waals surface area contributed by atoms with E-state index in [-0.39, 0.29) is 24.7 Å². The van der Waals surface area contributed by atoms with Crippen LogP contribution >= 0.6 is 0 Å². The van der Waals surface area contributed by atoms with Crippen LogP contribution in [0.4, 0.5) is 0 Å². The average molecular weight is 259 g/mol. The topological polar surface area (TPSA) is 87.1 Å². The van der Waals surface area contributed by atoms with E-state index in [1.165, 1.54) is 4.90 Å². The first kappa shape index (κ1) is 14.9. The number of carboxylic acid groups (broad SMARTS) is 2. The summed E-state index contributed by atoms with van der Waals surface area (Å²) in [6, 6.07) is -0.0455. The molecule has 0 saturated carbocycles. The van der Waals surface area contributed by atoms with Gasteiger partial charge in [0.15, 0.2) is 0 Å². The minimum atomic E-state index is -0.999. The standard InChI is InChI=1S/C12H21NO5/c1-3-12(2)6-9(4-5-18-12)13(7-10(14)15)8-11(16)17/h9H,3-8H2,1-2H3,(H,14,15)(H,16,17). The lowest BCUT2D eigenvalue weighted by molar-refractivity contribution is -0.147. The third kappa shape index (κ3) is 4.27. The van der Waals surface area contributed by atoms with Gasteiger partial charge < -0.3 is 14.9 Å². The second kappa shape index (κ2) is 6.15. The second-order valence-electron chi connectivity index (χ2n) is 4.99. The Morgan fingerprint density at radius 1 is 1.33 bits per heavy atom. The van der Waals surface area contributed by atoms with Crippen LogP contribution in [0.5, 0.6) is 0 Å². The third-order valence-electron chi connectivity index (χ3n) is 3.51. The van der Waals surface area contributed by atoms with Gasteiger partial charge >= 0.3 is 11.9 Å². The molecule has 2 atom stereocenters. The van der Waals surface area contributed by atoms with Crippen molar-refractivity contribution in [2.75, 3.05) is 19.7 Å². The molecule has 1 heterocycles. The molecule has 0 amide bonds. The van der Waals surface area contributed by atoms with E-state index in [0.29, 0.717) is 19.4 Å². The molecule has 104 valence electrons. The fourth-order valence-corrected chi connectivity index (χ4v) is 2.32. The first-order chi connectivity index (χ1) is 8.36. The van der Waals surface area contributed by atoms with Crippen molar-refractivity contribution >= 4 is 11.9 Å². The van der Waals surface area contributed by atoms with Crippen molar-refractivity contribution in [3.05, 3.63) is 0 Å². The molecule has 1 rings (SSSR count). The molecule has 6 heteroatoms. The molecule has 2 unspecified atom stereocenters. The molecule has 0 radical (unpaired) electrons. The van der Waals surface area contributed by atoms with Gasteiger partial charge in [-0.1, -0.05) is 6.92 Å². The number of ether oxygens (including phenoxy) is 1. The number of carboxylic acids is 2. The monoisotopic (exact) mass is 259 g/mol. The Labute approximate surface area is 107 Å². The quantitative estimate of drug-likeness (QED) is 0.734. The molecule has 1 aliphatic rings. The Kier molecular flexibility index (Phi) is 5.10. The van der Waals surface area contributed by atoms with E-state index in [1.54, 1.807) is 0 Å². The van der Waals surface area contributed by atoms with Gasteiger partial charge in [0.05, 0.1) is 18.7 Å². The maximum Gasteiger partial charge on any atom is 0.317 e. The number of hydrogen-bond donors (Lipinski definition) is 2. The van der Waals surface area contributed by atoms with Crippen molar-refractivity contribution < 1.29 is 24.5 Å². The van der Waals surface area contributed by atoms with Crippen LogP contribution < -0.4 is 0 Å². The van der Waals surface area contributed by atoms with Crippen LogP contribution in [0.1, 0.15) is 33.1 Å². The first-order valence-corrected chi connectivity index (χ1v) is 6.18. The summed E-state index contributed by atoms with van der Waals surface area (Å²) in [5.74, 6) is -2.00. The minimum Gasteiger partial charge on any atom is -0.480 e. The van der Waals surface area contributed by atoms with Gasteiger partial charge in [0.25, 0.3) is 0 Å². The number of nitrogens with zero attached hydrogens (tertiary/aromatic N) is 1. The predicted molar refractivity (Wildman–Crippen MR) is 64.5 cm³/mol. The molecule has 0 aromatic rings. The summed E-state index contributed by atoms with van der Waals surface area (Å²) < 4.78 is 5.68. The highest BCUT2D eigenvalue weighted by atomic mass is 16.5. The maximum absolute atomic E-state index is 10.8. The Bertz CT molecular complexity index is 304. The Morgan fingerprint density at radius 3 is 2.33 bits per heavy atom. The van der Waals surface area contributed by atoms with Gasteiger partial charge in [-0.05, 0) is 26.2 Å². The molecule has 1 fully saturated rings. The van der Waals surface area contributed by atoms with Gasteiger partial charge in [-0.2, -0.15) is 0 Å². The molecule has 18 heavy (non-hydrogen) atoms. The number of aliphatic carboxylic acids is 2. The molecule has 0 aromatic carbocycles. The summed E-state index contributed by atoms with van der Waals surface area (Å²) in [5.41, 5.74) is -0.280. The van der Waals surface area contributed by atoms with Gasteiger partial charge in [0, 0.05) is 12.6 Å². The molecule has 2 N–H and O–H groups in total. The predicted octanol–water partition coefficient (Wildman–Crippen LogP) is 0.805. The zero-order chi connectivity index (χ0) is 13.8. The molecule has 6 nitrogen and oxygen atoms in total. The second-order valence-corrected chi connectivity index (χ2v) is 4.99. The van der Waals surface area contributed by atoms with E-state index in [0.717, 1.165) is 6.42 Å². The maximum atomic E-state index is 10.8. The van der Waals surface area contributed by atoms with Gasteiger partial charge in [-0.3, -0.25) is 14.5 Å². The third-order valence-corrected chi connectivity index (χ3v) is 3.51. The lowest BCUT2D eigenvalue weighted by atomic mass is 9.89. The van der Waals surface area contributed by atoms with Crippen molar-refractivity contribution in [2.45, 2.75) is 44.8 Å². The van der Waals surface area contributed by atoms with Crippen molar-refractivity contribution in [3.63, 3.8) is 0 Å². The van der Waals surface area contributed by atoms with Gasteiger partial charge in [0.2, 0.25) is 0 Å². The normalized spacial score (nSPS) is 28.3. The van der Waals surface area contributed by atoms with Crippen LogP contribution in [0.3, 0.4) is 0 Å². The molecule has 1 aliphatic heterocycles. The van der Waals surface area contributed by atoms with E-state index in [1.807, 2.05) is 13.8 Å². The van der Waals surface area contributed by atoms with E-state index < -0.39 is 11.9 Å². The Balaban J connectivity index is 2.71. The first-order valence-electron chi connectivity index (χ1n) is 6.18. The van der Waals surface area contributed by atoms with E-state index in [9.17, 15) is 9.59 Å². The molecule has 1 saturated heterocycles. The summed E-state index contributed by atoms with van der Waals surface area (Å²) >= 11 is 0. The van der Waals surface area contributed by atoms with Crippen LogP contribution in [0.2, 0.25) is 0 Å². The van der Waals surface area contributed by atoms with E-state index >= 15 is 0 Å². The number of hydrogen-bond acceptors (Lipinski definition) is 4. The van der Waals surface area contributed by atoms with Crippen LogP contribution in [-0.4, -0.2) is 58.4 Å². The highest BCUT2D eigenvalue weighted by Crippen LogP contribution is 2.30. The SMILES string of the molecule is CCC1(C)CC(N(CC(=O)O)CC(=O)O)CCO1. The van der Waals surface area contributed by atoms with Crippen molar-refractivity contribution in [2.24, 2.45) is 0 Å². The Hall–Kier alpha value is -1.14. The van der Waals surface area contributed by atoms with E-state index in [4.69, 9.17) is 14.9 Å². The fraction of sp³-hybridized carbons (Fsp3) is 0.833. The Morgan fingerprint density at radius 2 is 1.89 bits per heavy atom. The van der Waals surface area contributed by atoms with E-state index in [2.05, 4.69) is 0 Å². The highest BCUT2D eigenvalue weighted by Gasteiger charge is 2.35. The summed E-state index contributed by atoms with van der Waals surface area (Å²) in [5, 5.41) is 17.7. The van der Waals surface area contributed by atoms with Gasteiger partial charge in [0.1, 0.15) is 0 Å². The summed E-state index contributed by atoms with van der Waals surface area (Å²) in [6.07, 6.45) is 2.18. The lowest BCUT2D eigenvalue weighted by Crippen LogP contribution is -2.50. The van der Waals surface area contributed by atoms with Crippen LogP contribution in [-0.2, 0) is 14.3 Å². The lowest BCUT2D eigenvalue weighted by Gasteiger charge is -2.41. The zero-order valence-electron chi connectivity index (χ0n) is 10.9. The van der Waals surface area contributed by atoms with Crippen LogP contribution in [0, 0.1) is 0 Å². The molecular weight excluding hydrogens is 238 g/mol. The molecule has 0 aliphatic carbocycles. The minimum absolute atomic E-state index is 0.0455. The zero-order valence-corrected chi connectivity index (χ0v) is 10.9. The molecule has 0 spiro atoms. The van der Waals surface area contributed by atoms with Crippen molar-refractivity contribution in [3.8, 4) is 0 Å². The fourth-order valence-electron chi connectivity index (χ4n) is 2.32.